The number of benzene rings is 2. The number of rotatable bonds is 2. The molecule has 0 saturated carbocycles. The third-order valence-corrected chi connectivity index (χ3v) is 4.32. The first-order chi connectivity index (χ1) is 10.3. The zero-order valence-electron chi connectivity index (χ0n) is 11.5. The van der Waals surface area contributed by atoms with E-state index in [1.165, 1.54) is 0 Å². The second-order valence-electron chi connectivity index (χ2n) is 5.00. The Labute approximate surface area is 132 Å². The van der Waals surface area contributed by atoms with Crippen molar-refractivity contribution in [2.24, 2.45) is 0 Å². The topological polar surface area (TPSA) is 29.5 Å². The SMILES string of the molecule is O=C(c1ccccc1Br)N1CCO[C@H](c2ccccc2)C1. The van der Waals surface area contributed by atoms with Crippen LogP contribution in [0.3, 0.4) is 0 Å². The predicted molar refractivity (Wildman–Crippen MR) is 85.2 cm³/mol. The lowest BCUT2D eigenvalue weighted by atomic mass is 10.1. The Kier molecular flexibility index (Phi) is 4.36. The van der Waals surface area contributed by atoms with E-state index in [-0.39, 0.29) is 12.0 Å². The molecule has 0 bridgehead atoms. The Balaban J connectivity index is 1.77. The van der Waals surface area contributed by atoms with Gasteiger partial charge in [0.2, 0.25) is 0 Å². The maximum atomic E-state index is 12.6. The Bertz CT molecular complexity index is 630. The van der Waals surface area contributed by atoms with Gasteiger partial charge in [-0.3, -0.25) is 4.79 Å². The fraction of sp³-hybridized carbons (Fsp3) is 0.235. The molecule has 0 aromatic heterocycles. The molecule has 1 fully saturated rings. The number of carbonyl (C=O) groups is 1. The van der Waals surface area contributed by atoms with Gasteiger partial charge in [0.15, 0.2) is 0 Å². The summed E-state index contributed by atoms with van der Waals surface area (Å²) in [7, 11) is 0. The van der Waals surface area contributed by atoms with Crippen molar-refractivity contribution in [2.45, 2.75) is 6.10 Å². The lowest BCUT2D eigenvalue weighted by Crippen LogP contribution is -2.42. The van der Waals surface area contributed by atoms with Crippen molar-refractivity contribution in [3.8, 4) is 0 Å². The van der Waals surface area contributed by atoms with Crippen molar-refractivity contribution in [3.05, 3.63) is 70.2 Å². The summed E-state index contributed by atoms with van der Waals surface area (Å²) in [6.07, 6.45) is -0.0496. The molecule has 0 radical (unpaired) electrons. The van der Waals surface area contributed by atoms with Crippen molar-refractivity contribution in [3.63, 3.8) is 0 Å². The molecule has 4 heteroatoms. The fourth-order valence-electron chi connectivity index (χ4n) is 2.51. The molecule has 1 saturated heterocycles. The molecule has 1 heterocycles. The molecule has 1 aliphatic rings. The molecular formula is C17H16BrNO2. The number of morpholine rings is 1. The zero-order valence-corrected chi connectivity index (χ0v) is 13.1. The number of hydrogen-bond donors (Lipinski definition) is 0. The lowest BCUT2D eigenvalue weighted by Gasteiger charge is -2.33. The molecule has 3 nitrogen and oxygen atoms in total. The van der Waals surface area contributed by atoms with Gasteiger partial charge in [-0.05, 0) is 33.6 Å². The molecule has 3 rings (SSSR count). The Morgan fingerprint density at radius 1 is 1.10 bits per heavy atom. The zero-order chi connectivity index (χ0) is 14.7. The second-order valence-corrected chi connectivity index (χ2v) is 5.86. The lowest BCUT2D eigenvalue weighted by molar-refractivity contribution is -0.0228. The molecule has 108 valence electrons. The van der Waals surface area contributed by atoms with Crippen molar-refractivity contribution >= 4 is 21.8 Å². The highest BCUT2D eigenvalue weighted by Crippen LogP contribution is 2.25. The summed E-state index contributed by atoms with van der Waals surface area (Å²) in [6, 6.07) is 17.6. The summed E-state index contributed by atoms with van der Waals surface area (Å²) < 4.78 is 6.64. The molecule has 2 aromatic carbocycles. The van der Waals surface area contributed by atoms with Crippen LogP contribution in [0, 0.1) is 0 Å². The molecule has 1 aliphatic heterocycles. The van der Waals surface area contributed by atoms with Crippen LogP contribution in [-0.2, 0) is 4.74 Å². The summed E-state index contributed by atoms with van der Waals surface area (Å²) in [6.45, 7) is 1.78. The van der Waals surface area contributed by atoms with Crippen LogP contribution in [-0.4, -0.2) is 30.5 Å². The monoisotopic (exact) mass is 345 g/mol. The van der Waals surface area contributed by atoms with E-state index in [1.54, 1.807) is 0 Å². The van der Waals surface area contributed by atoms with Crippen LogP contribution < -0.4 is 0 Å². The van der Waals surface area contributed by atoms with E-state index in [0.717, 1.165) is 10.0 Å². The van der Waals surface area contributed by atoms with Gasteiger partial charge in [-0.1, -0.05) is 42.5 Å². The van der Waals surface area contributed by atoms with Crippen LogP contribution >= 0.6 is 15.9 Å². The van der Waals surface area contributed by atoms with Gasteiger partial charge in [-0.15, -0.1) is 0 Å². The third-order valence-electron chi connectivity index (χ3n) is 3.63. The number of nitrogens with zero attached hydrogens (tertiary/aromatic N) is 1. The molecule has 2 aromatic rings. The summed E-state index contributed by atoms with van der Waals surface area (Å²) in [5.74, 6) is 0.0479. The molecular weight excluding hydrogens is 330 g/mol. The molecule has 0 N–H and O–H groups in total. The maximum Gasteiger partial charge on any atom is 0.255 e. The molecule has 1 atom stereocenters. The predicted octanol–water partition coefficient (Wildman–Crippen LogP) is 3.66. The van der Waals surface area contributed by atoms with Crippen molar-refractivity contribution in [2.75, 3.05) is 19.7 Å². The summed E-state index contributed by atoms with van der Waals surface area (Å²) in [5, 5.41) is 0. The largest absolute Gasteiger partial charge is 0.370 e. The van der Waals surface area contributed by atoms with E-state index in [4.69, 9.17) is 4.74 Å². The maximum absolute atomic E-state index is 12.6. The van der Waals surface area contributed by atoms with E-state index < -0.39 is 0 Å². The Morgan fingerprint density at radius 3 is 2.57 bits per heavy atom. The molecule has 0 spiro atoms. The standard InChI is InChI=1S/C17H16BrNO2/c18-15-9-5-4-8-14(15)17(20)19-10-11-21-16(12-19)13-6-2-1-3-7-13/h1-9,16H,10-12H2/t16-/m0/s1. The van der Waals surface area contributed by atoms with Gasteiger partial charge in [-0.2, -0.15) is 0 Å². The van der Waals surface area contributed by atoms with Crippen molar-refractivity contribution in [1.29, 1.82) is 0 Å². The molecule has 21 heavy (non-hydrogen) atoms. The first kappa shape index (κ1) is 14.3. The smallest absolute Gasteiger partial charge is 0.255 e. The highest BCUT2D eigenvalue weighted by molar-refractivity contribution is 9.10. The minimum atomic E-state index is -0.0496. The Hall–Kier alpha value is -1.65. The van der Waals surface area contributed by atoms with Gasteiger partial charge >= 0.3 is 0 Å². The number of ether oxygens (including phenoxy) is 1. The molecule has 0 unspecified atom stereocenters. The number of amides is 1. The van der Waals surface area contributed by atoms with Gasteiger partial charge in [-0.25, -0.2) is 0 Å². The van der Waals surface area contributed by atoms with E-state index in [9.17, 15) is 4.79 Å². The summed E-state index contributed by atoms with van der Waals surface area (Å²) in [5.41, 5.74) is 1.81. The minimum absolute atomic E-state index is 0.0479. The number of halogens is 1. The van der Waals surface area contributed by atoms with Crippen LogP contribution in [0.1, 0.15) is 22.0 Å². The average Bonchev–Trinajstić information content (AvgIpc) is 2.56. The van der Waals surface area contributed by atoms with E-state index >= 15 is 0 Å². The van der Waals surface area contributed by atoms with Crippen LogP contribution in [0.4, 0.5) is 0 Å². The van der Waals surface area contributed by atoms with Crippen molar-refractivity contribution < 1.29 is 9.53 Å². The summed E-state index contributed by atoms with van der Waals surface area (Å²) in [4.78, 5) is 14.5. The first-order valence-corrected chi connectivity index (χ1v) is 7.75. The van der Waals surface area contributed by atoms with Crippen LogP contribution in [0.25, 0.3) is 0 Å². The van der Waals surface area contributed by atoms with Gasteiger partial charge in [0, 0.05) is 11.0 Å². The van der Waals surface area contributed by atoms with Crippen LogP contribution in [0.15, 0.2) is 59.1 Å². The number of hydrogen-bond acceptors (Lipinski definition) is 2. The Morgan fingerprint density at radius 2 is 1.81 bits per heavy atom. The normalized spacial score (nSPS) is 18.5. The van der Waals surface area contributed by atoms with Gasteiger partial charge in [0.25, 0.3) is 5.91 Å². The van der Waals surface area contributed by atoms with Gasteiger partial charge < -0.3 is 9.64 Å². The molecule has 1 amide bonds. The first-order valence-electron chi connectivity index (χ1n) is 6.96. The highest BCUT2D eigenvalue weighted by atomic mass is 79.9. The number of carbonyl (C=O) groups excluding carboxylic acids is 1. The second kappa shape index (κ2) is 6.41. The average molecular weight is 346 g/mol. The summed E-state index contributed by atoms with van der Waals surface area (Å²) >= 11 is 3.44. The van der Waals surface area contributed by atoms with E-state index in [1.807, 2.05) is 59.5 Å². The van der Waals surface area contributed by atoms with Gasteiger partial charge in [0.05, 0.1) is 18.7 Å². The fourth-order valence-corrected chi connectivity index (χ4v) is 2.96. The van der Waals surface area contributed by atoms with Crippen LogP contribution in [0.5, 0.6) is 0 Å². The van der Waals surface area contributed by atoms with E-state index in [2.05, 4.69) is 15.9 Å². The van der Waals surface area contributed by atoms with Crippen LogP contribution in [0.2, 0.25) is 0 Å². The van der Waals surface area contributed by atoms with Crippen molar-refractivity contribution in [1.82, 2.24) is 4.90 Å². The van der Waals surface area contributed by atoms with E-state index in [0.29, 0.717) is 25.3 Å². The molecule has 0 aliphatic carbocycles. The third kappa shape index (κ3) is 3.17. The highest BCUT2D eigenvalue weighted by Gasteiger charge is 2.26. The van der Waals surface area contributed by atoms with Gasteiger partial charge in [0.1, 0.15) is 6.10 Å². The quantitative estimate of drug-likeness (QED) is 0.831. The minimum Gasteiger partial charge on any atom is -0.370 e.